The summed E-state index contributed by atoms with van der Waals surface area (Å²) in [6.45, 7) is 3.03. The van der Waals surface area contributed by atoms with Crippen LogP contribution in [0.1, 0.15) is 19.4 Å². The summed E-state index contributed by atoms with van der Waals surface area (Å²) in [4.78, 5) is 22.4. The summed E-state index contributed by atoms with van der Waals surface area (Å²) in [6.07, 6.45) is 0.0787. The molecule has 0 fully saturated rings. The molecule has 1 rings (SSSR count). The molecule has 0 bridgehead atoms. The van der Waals surface area contributed by atoms with Crippen LogP contribution in [0.4, 0.5) is 4.39 Å². The molecule has 1 N–H and O–H groups in total. The third-order valence-electron chi connectivity index (χ3n) is 2.24. The van der Waals surface area contributed by atoms with Crippen molar-refractivity contribution in [3.05, 3.63) is 35.6 Å². The minimum atomic E-state index is -0.499. The molecule has 3 nitrogen and oxygen atoms in total. The molecule has 0 aliphatic carbocycles. The van der Waals surface area contributed by atoms with Crippen molar-refractivity contribution in [3.63, 3.8) is 0 Å². The maximum absolute atomic E-state index is 12.8. The lowest BCUT2D eigenvalue weighted by molar-refractivity contribution is -0.126. The molecule has 86 valence electrons. The molecule has 0 radical (unpaired) electrons. The number of amides is 1. The number of hydrogen-bond donors (Lipinski definition) is 1. The van der Waals surface area contributed by atoms with E-state index in [9.17, 15) is 14.0 Å². The van der Waals surface area contributed by atoms with Gasteiger partial charge in [-0.2, -0.15) is 0 Å². The van der Waals surface area contributed by atoms with Gasteiger partial charge in [-0.25, -0.2) is 4.39 Å². The highest BCUT2D eigenvalue weighted by Crippen LogP contribution is 2.04. The van der Waals surface area contributed by atoms with Gasteiger partial charge in [0.1, 0.15) is 5.82 Å². The largest absolute Gasteiger partial charge is 0.346 e. The molecule has 0 aliphatic rings. The zero-order valence-electron chi connectivity index (χ0n) is 9.29. The third kappa shape index (κ3) is 3.81. The molecule has 1 unspecified atom stereocenters. The van der Waals surface area contributed by atoms with Gasteiger partial charge in [0.15, 0.2) is 5.78 Å². The normalized spacial score (nSPS) is 11.9. The molecule has 1 aromatic rings. The molecule has 0 saturated heterocycles. The highest BCUT2D eigenvalue weighted by molar-refractivity contribution is 5.87. The van der Waals surface area contributed by atoms with Crippen LogP contribution < -0.4 is 5.32 Å². The van der Waals surface area contributed by atoms with Gasteiger partial charge in [-0.05, 0) is 31.5 Å². The van der Waals surface area contributed by atoms with Gasteiger partial charge in [-0.3, -0.25) is 9.59 Å². The van der Waals surface area contributed by atoms with Crippen molar-refractivity contribution in [2.24, 2.45) is 0 Å². The van der Waals surface area contributed by atoms with Gasteiger partial charge in [0, 0.05) is 0 Å². The summed E-state index contributed by atoms with van der Waals surface area (Å²) < 4.78 is 12.8. The van der Waals surface area contributed by atoms with Crippen molar-refractivity contribution >= 4 is 11.7 Å². The van der Waals surface area contributed by atoms with E-state index in [0.717, 1.165) is 0 Å². The highest BCUT2D eigenvalue weighted by atomic mass is 19.1. The van der Waals surface area contributed by atoms with Crippen LogP contribution in [-0.2, 0) is 16.0 Å². The van der Waals surface area contributed by atoms with Gasteiger partial charge < -0.3 is 5.32 Å². The Morgan fingerprint density at radius 1 is 1.44 bits per heavy atom. The summed E-state index contributed by atoms with van der Waals surface area (Å²) in [5.74, 6) is -0.759. The maximum Gasteiger partial charge on any atom is 0.224 e. The van der Waals surface area contributed by atoms with Crippen molar-refractivity contribution in [3.8, 4) is 0 Å². The molecule has 1 aromatic carbocycles. The average Bonchev–Trinajstić information content (AvgIpc) is 2.16. The molecule has 4 heteroatoms. The average molecular weight is 223 g/mol. The Kier molecular flexibility index (Phi) is 4.17. The number of benzene rings is 1. The Morgan fingerprint density at radius 2 is 2.12 bits per heavy atom. The number of carbonyl (C=O) groups is 2. The molecule has 1 amide bonds. The molecule has 0 heterocycles. The smallest absolute Gasteiger partial charge is 0.224 e. The minimum absolute atomic E-state index is 0.0787. The fraction of sp³-hybridized carbons (Fsp3) is 0.333. The fourth-order valence-electron chi connectivity index (χ4n) is 1.23. The molecule has 1 atom stereocenters. The fourth-order valence-corrected chi connectivity index (χ4v) is 1.23. The quantitative estimate of drug-likeness (QED) is 0.840. The standard InChI is InChI=1S/C12H14FNO2/c1-8(9(2)15)14-12(16)7-10-4-3-5-11(13)6-10/h3-6,8H,7H2,1-2H3,(H,14,16). The second kappa shape index (κ2) is 5.39. The number of hydrogen-bond acceptors (Lipinski definition) is 2. The lowest BCUT2D eigenvalue weighted by atomic mass is 10.1. The molecule has 16 heavy (non-hydrogen) atoms. The van der Waals surface area contributed by atoms with Crippen LogP contribution in [0, 0.1) is 5.82 Å². The van der Waals surface area contributed by atoms with Crippen LogP contribution in [0.25, 0.3) is 0 Å². The lowest BCUT2D eigenvalue weighted by Crippen LogP contribution is -2.38. The number of ketones is 1. The Morgan fingerprint density at radius 3 is 2.69 bits per heavy atom. The van der Waals surface area contributed by atoms with Crippen molar-refractivity contribution in [1.29, 1.82) is 0 Å². The van der Waals surface area contributed by atoms with E-state index in [1.165, 1.54) is 19.1 Å². The predicted molar refractivity (Wildman–Crippen MR) is 58.4 cm³/mol. The summed E-state index contributed by atoms with van der Waals surface area (Å²) in [6, 6.07) is 5.34. The van der Waals surface area contributed by atoms with Gasteiger partial charge in [-0.1, -0.05) is 12.1 Å². The van der Waals surface area contributed by atoms with Crippen LogP contribution in [-0.4, -0.2) is 17.7 Å². The molecule has 0 aliphatic heterocycles. The predicted octanol–water partition coefficient (Wildman–Crippen LogP) is 1.46. The lowest BCUT2D eigenvalue weighted by Gasteiger charge is -2.10. The first kappa shape index (κ1) is 12.4. The monoisotopic (exact) mass is 223 g/mol. The molecular formula is C12H14FNO2. The molecule has 0 saturated carbocycles. The van der Waals surface area contributed by atoms with E-state index >= 15 is 0 Å². The molecule has 0 aromatic heterocycles. The number of Topliss-reactive ketones (excluding diaryl/α,β-unsaturated/α-hetero) is 1. The van der Waals surface area contributed by atoms with E-state index in [4.69, 9.17) is 0 Å². The van der Waals surface area contributed by atoms with Crippen LogP contribution >= 0.6 is 0 Å². The van der Waals surface area contributed by atoms with Gasteiger partial charge in [0.2, 0.25) is 5.91 Å². The summed E-state index contributed by atoms with van der Waals surface area (Å²) in [5, 5.41) is 2.54. The van der Waals surface area contributed by atoms with Crippen LogP contribution in [0.2, 0.25) is 0 Å². The minimum Gasteiger partial charge on any atom is -0.346 e. The van der Waals surface area contributed by atoms with E-state index in [1.54, 1.807) is 19.1 Å². The Bertz CT molecular complexity index is 404. The first-order chi connectivity index (χ1) is 7.49. The zero-order valence-corrected chi connectivity index (χ0v) is 9.29. The number of nitrogens with one attached hydrogen (secondary N) is 1. The zero-order chi connectivity index (χ0) is 12.1. The molecule has 0 spiro atoms. The van der Waals surface area contributed by atoms with Gasteiger partial charge in [-0.15, -0.1) is 0 Å². The highest BCUT2D eigenvalue weighted by Gasteiger charge is 2.11. The van der Waals surface area contributed by atoms with Crippen LogP contribution in [0.3, 0.4) is 0 Å². The van der Waals surface area contributed by atoms with E-state index in [0.29, 0.717) is 5.56 Å². The Hall–Kier alpha value is -1.71. The van der Waals surface area contributed by atoms with Crippen molar-refractivity contribution in [2.45, 2.75) is 26.3 Å². The Labute approximate surface area is 93.7 Å². The van der Waals surface area contributed by atoms with Crippen LogP contribution in [0.15, 0.2) is 24.3 Å². The summed E-state index contributed by atoms with van der Waals surface area (Å²) in [5.41, 5.74) is 0.591. The third-order valence-corrected chi connectivity index (χ3v) is 2.24. The summed E-state index contributed by atoms with van der Waals surface area (Å²) in [7, 11) is 0. The van der Waals surface area contributed by atoms with Gasteiger partial charge in [0.05, 0.1) is 12.5 Å². The first-order valence-electron chi connectivity index (χ1n) is 5.03. The van der Waals surface area contributed by atoms with Crippen LogP contribution in [0.5, 0.6) is 0 Å². The number of halogens is 1. The van der Waals surface area contributed by atoms with Gasteiger partial charge >= 0.3 is 0 Å². The van der Waals surface area contributed by atoms with Crippen molar-refractivity contribution in [2.75, 3.05) is 0 Å². The Balaban J connectivity index is 2.55. The van der Waals surface area contributed by atoms with Gasteiger partial charge in [0.25, 0.3) is 0 Å². The maximum atomic E-state index is 12.8. The topological polar surface area (TPSA) is 46.2 Å². The second-order valence-electron chi connectivity index (χ2n) is 3.71. The first-order valence-corrected chi connectivity index (χ1v) is 5.03. The van der Waals surface area contributed by atoms with Crippen molar-refractivity contribution in [1.82, 2.24) is 5.32 Å². The second-order valence-corrected chi connectivity index (χ2v) is 3.71. The van der Waals surface area contributed by atoms with E-state index in [2.05, 4.69) is 5.32 Å². The summed E-state index contributed by atoms with van der Waals surface area (Å²) >= 11 is 0. The van der Waals surface area contributed by atoms with E-state index in [1.807, 2.05) is 0 Å². The SMILES string of the molecule is CC(=O)C(C)NC(=O)Cc1cccc(F)c1. The van der Waals surface area contributed by atoms with E-state index < -0.39 is 6.04 Å². The molecular weight excluding hydrogens is 209 g/mol. The van der Waals surface area contributed by atoms with E-state index in [-0.39, 0.29) is 23.9 Å². The number of carbonyl (C=O) groups excluding carboxylic acids is 2. The number of rotatable bonds is 4. The van der Waals surface area contributed by atoms with Crippen molar-refractivity contribution < 1.29 is 14.0 Å².